The number of allylic oxidation sites excluding steroid dienone is 4. The fraction of sp³-hybridized carbons (Fsp3) is 0.375. The summed E-state index contributed by atoms with van der Waals surface area (Å²) in [7, 11) is 0. The van der Waals surface area contributed by atoms with E-state index in [9.17, 15) is 4.79 Å². The molecule has 0 fully saturated rings. The number of unbranched alkanes of at least 4 members (excludes halogenated alkanes) is 1. The van der Waals surface area contributed by atoms with Crippen molar-refractivity contribution in [3.8, 4) is 0 Å². The van der Waals surface area contributed by atoms with E-state index in [-0.39, 0.29) is 0 Å². The van der Waals surface area contributed by atoms with Crippen LogP contribution >= 0.6 is 0 Å². The van der Waals surface area contributed by atoms with Crippen molar-refractivity contribution >= 4 is 6.29 Å². The van der Waals surface area contributed by atoms with Crippen LogP contribution in [0.4, 0.5) is 0 Å². The van der Waals surface area contributed by atoms with Crippen LogP contribution in [0, 0.1) is 0 Å². The second-order valence-electron chi connectivity index (χ2n) is 1.70. The van der Waals surface area contributed by atoms with Crippen molar-refractivity contribution < 1.29 is 4.79 Å². The molecule has 0 aliphatic heterocycles. The van der Waals surface area contributed by atoms with Gasteiger partial charge in [-0.05, 0) is 13.3 Å². The zero-order chi connectivity index (χ0) is 6.95. The van der Waals surface area contributed by atoms with Gasteiger partial charge in [-0.15, -0.1) is 0 Å². The standard InChI is InChI=1S/C8H12O/c1-2-3-4-5-6-7-8-9/h2-5,8H,6-7H2,1H3/b3-2+,5-4-. The van der Waals surface area contributed by atoms with E-state index in [0.717, 1.165) is 12.7 Å². The summed E-state index contributed by atoms with van der Waals surface area (Å²) in [5.74, 6) is 0. The molecule has 0 atom stereocenters. The molecular formula is C8H12O. The third kappa shape index (κ3) is 7.15. The van der Waals surface area contributed by atoms with Crippen molar-refractivity contribution in [3.05, 3.63) is 24.3 Å². The molecule has 0 unspecified atom stereocenters. The first-order valence-electron chi connectivity index (χ1n) is 3.13. The molecule has 0 saturated heterocycles. The SMILES string of the molecule is C/C=C/C=C\CCC=O. The Kier molecular flexibility index (Phi) is 6.47. The summed E-state index contributed by atoms with van der Waals surface area (Å²) in [6.07, 6.45) is 10.3. The molecule has 50 valence electrons. The first kappa shape index (κ1) is 8.15. The van der Waals surface area contributed by atoms with Gasteiger partial charge < -0.3 is 4.79 Å². The first-order chi connectivity index (χ1) is 4.41. The zero-order valence-corrected chi connectivity index (χ0v) is 5.71. The smallest absolute Gasteiger partial charge is 0.120 e. The van der Waals surface area contributed by atoms with Crippen LogP contribution in [0.3, 0.4) is 0 Å². The molecule has 1 nitrogen and oxygen atoms in total. The maximum absolute atomic E-state index is 9.79. The minimum Gasteiger partial charge on any atom is -0.303 e. The summed E-state index contributed by atoms with van der Waals surface area (Å²) >= 11 is 0. The molecule has 0 spiro atoms. The van der Waals surface area contributed by atoms with Crippen molar-refractivity contribution in [2.75, 3.05) is 0 Å². The summed E-state index contributed by atoms with van der Waals surface area (Å²) in [5.41, 5.74) is 0. The lowest BCUT2D eigenvalue weighted by Gasteiger charge is -1.78. The van der Waals surface area contributed by atoms with Gasteiger partial charge in [-0.25, -0.2) is 0 Å². The van der Waals surface area contributed by atoms with E-state index in [1.165, 1.54) is 0 Å². The largest absolute Gasteiger partial charge is 0.303 e. The average molecular weight is 124 g/mol. The summed E-state index contributed by atoms with van der Waals surface area (Å²) in [6, 6.07) is 0. The molecule has 0 aliphatic rings. The number of hydrogen-bond acceptors (Lipinski definition) is 1. The highest BCUT2D eigenvalue weighted by molar-refractivity contribution is 5.49. The lowest BCUT2D eigenvalue weighted by molar-refractivity contribution is -0.107. The molecule has 0 amide bonds. The Morgan fingerprint density at radius 2 is 2.00 bits per heavy atom. The minimum absolute atomic E-state index is 0.633. The summed E-state index contributed by atoms with van der Waals surface area (Å²) in [6.45, 7) is 1.96. The van der Waals surface area contributed by atoms with E-state index >= 15 is 0 Å². The molecule has 0 saturated carbocycles. The van der Waals surface area contributed by atoms with Crippen LogP contribution in [0.1, 0.15) is 19.8 Å². The molecule has 0 bridgehead atoms. The number of carbonyl (C=O) groups excluding carboxylic acids is 1. The molecule has 0 rings (SSSR count). The van der Waals surface area contributed by atoms with Crippen LogP contribution in [0.25, 0.3) is 0 Å². The molecule has 0 heterocycles. The van der Waals surface area contributed by atoms with Crippen molar-refractivity contribution in [1.82, 2.24) is 0 Å². The molecular weight excluding hydrogens is 112 g/mol. The average Bonchev–Trinajstić information content (AvgIpc) is 1.89. The van der Waals surface area contributed by atoms with E-state index in [4.69, 9.17) is 0 Å². The van der Waals surface area contributed by atoms with E-state index in [0.29, 0.717) is 6.42 Å². The summed E-state index contributed by atoms with van der Waals surface area (Å²) < 4.78 is 0. The number of aldehydes is 1. The number of hydrogen-bond donors (Lipinski definition) is 0. The third-order valence-corrected chi connectivity index (χ3v) is 0.891. The normalized spacial score (nSPS) is 11.2. The van der Waals surface area contributed by atoms with E-state index in [2.05, 4.69) is 0 Å². The van der Waals surface area contributed by atoms with Crippen molar-refractivity contribution in [3.63, 3.8) is 0 Å². The third-order valence-electron chi connectivity index (χ3n) is 0.891. The Morgan fingerprint density at radius 1 is 1.22 bits per heavy atom. The highest BCUT2D eigenvalue weighted by Crippen LogP contribution is 1.86. The molecule has 1 heteroatoms. The Labute approximate surface area is 56.1 Å². The van der Waals surface area contributed by atoms with Gasteiger partial charge in [0.25, 0.3) is 0 Å². The molecule has 0 N–H and O–H groups in total. The fourth-order valence-corrected chi connectivity index (χ4v) is 0.450. The fourth-order valence-electron chi connectivity index (χ4n) is 0.450. The van der Waals surface area contributed by atoms with Crippen molar-refractivity contribution in [1.29, 1.82) is 0 Å². The lowest BCUT2D eigenvalue weighted by Crippen LogP contribution is -1.68. The first-order valence-corrected chi connectivity index (χ1v) is 3.13. The van der Waals surface area contributed by atoms with E-state index in [1.54, 1.807) is 0 Å². The Morgan fingerprint density at radius 3 is 2.56 bits per heavy atom. The maximum atomic E-state index is 9.79. The predicted octanol–water partition coefficient (Wildman–Crippen LogP) is 2.10. The maximum Gasteiger partial charge on any atom is 0.120 e. The molecule has 0 aromatic rings. The van der Waals surface area contributed by atoms with Crippen LogP contribution in [-0.2, 0) is 4.79 Å². The summed E-state index contributed by atoms with van der Waals surface area (Å²) in [4.78, 5) is 9.79. The Hall–Kier alpha value is -0.850. The van der Waals surface area contributed by atoms with Crippen LogP contribution < -0.4 is 0 Å². The van der Waals surface area contributed by atoms with Gasteiger partial charge in [-0.1, -0.05) is 24.3 Å². The molecule has 0 aromatic carbocycles. The minimum atomic E-state index is 0.633. The summed E-state index contributed by atoms with van der Waals surface area (Å²) in [5, 5.41) is 0. The van der Waals surface area contributed by atoms with Crippen LogP contribution in [0.2, 0.25) is 0 Å². The van der Waals surface area contributed by atoms with Gasteiger partial charge in [0.1, 0.15) is 6.29 Å². The van der Waals surface area contributed by atoms with Gasteiger partial charge in [-0.2, -0.15) is 0 Å². The van der Waals surface area contributed by atoms with Gasteiger partial charge >= 0.3 is 0 Å². The second-order valence-corrected chi connectivity index (χ2v) is 1.70. The number of carbonyl (C=O) groups is 1. The van der Waals surface area contributed by atoms with E-state index < -0.39 is 0 Å². The van der Waals surface area contributed by atoms with Gasteiger partial charge in [0, 0.05) is 6.42 Å². The quantitative estimate of drug-likeness (QED) is 0.318. The Balaban J connectivity index is 3.14. The highest BCUT2D eigenvalue weighted by atomic mass is 16.1. The predicted molar refractivity (Wildman–Crippen MR) is 39.3 cm³/mol. The zero-order valence-electron chi connectivity index (χ0n) is 5.71. The van der Waals surface area contributed by atoms with Gasteiger partial charge in [-0.3, -0.25) is 0 Å². The lowest BCUT2D eigenvalue weighted by atomic mass is 10.3. The van der Waals surface area contributed by atoms with Gasteiger partial charge in [0.05, 0.1) is 0 Å². The second kappa shape index (κ2) is 7.15. The monoisotopic (exact) mass is 124 g/mol. The van der Waals surface area contributed by atoms with Crippen LogP contribution in [0.15, 0.2) is 24.3 Å². The highest BCUT2D eigenvalue weighted by Gasteiger charge is 1.73. The van der Waals surface area contributed by atoms with Crippen molar-refractivity contribution in [2.24, 2.45) is 0 Å². The van der Waals surface area contributed by atoms with Gasteiger partial charge in [0.2, 0.25) is 0 Å². The van der Waals surface area contributed by atoms with Gasteiger partial charge in [0.15, 0.2) is 0 Å². The number of rotatable bonds is 4. The van der Waals surface area contributed by atoms with E-state index in [1.807, 2.05) is 31.2 Å². The van der Waals surface area contributed by atoms with Crippen molar-refractivity contribution in [2.45, 2.75) is 19.8 Å². The molecule has 0 radical (unpaired) electrons. The molecule has 0 aliphatic carbocycles. The van der Waals surface area contributed by atoms with Crippen LogP contribution in [-0.4, -0.2) is 6.29 Å². The topological polar surface area (TPSA) is 17.1 Å². The molecule has 0 aromatic heterocycles. The Bertz CT molecular complexity index is 112. The molecule has 9 heavy (non-hydrogen) atoms. The van der Waals surface area contributed by atoms with Crippen LogP contribution in [0.5, 0.6) is 0 Å².